The van der Waals surface area contributed by atoms with Gasteiger partial charge in [-0.25, -0.2) is 4.98 Å². The summed E-state index contributed by atoms with van der Waals surface area (Å²) < 4.78 is 0. The molecule has 1 aromatic carbocycles. The predicted molar refractivity (Wildman–Crippen MR) is 66.6 cm³/mol. The zero-order valence-corrected chi connectivity index (χ0v) is 10.3. The van der Waals surface area contributed by atoms with Crippen LogP contribution in [0.3, 0.4) is 0 Å². The third kappa shape index (κ3) is 2.39. The fraction of sp³-hybridized carbons (Fsp3) is 0.250. The molecule has 0 radical (unpaired) electrons. The van der Waals surface area contributed by atoms with E-state index in [2.05, 4.69) is 18.8 Å². The maximum absolute atomic E-state index is 5.94. The molecule has 0 bridgehead atoms. The van der Waals surface area contributed by atoms with Gasteiger partial charge in [0.05, 0.1) is 0 Å². The van der Waals surface area contributed by atoms with Gasteiger partial charge in [-0.1, -0.05) is 37.6 Å². The molecule has 0 unspecified atom stereocenters. The minimum Gasteiger partial charge on any atom is -0.244 e. The summed E-state index contributed by atoms with van der Waals surface area (Å²) in [7, 11) is 0. The molecule has 0 spiro atoms. The first-order valence-electron chi connectivity index (χ1n) is 4.88. The van der Waals surface area contributed by atoms with E-state index in [0.29, 0.717) is 5.92 Å². The predicted octanol–water partition coefficient (Wildman–Crippen LogP) is 4.59. The van der Waals surface area contributed by atoms with Crippen LogP contribution in [0, 0.1) is 0 Å². The topological polar surface area (TPSA) is 12.9 Å². The Morgan fingerprint density at radius 2 is 2.13 bits per heavy atom. The van der Waals surface area contributed by atoms with Crippen LogP contribution in [0.4, 0.5) is 0 Å². The molecule has 0 saturated heterocycles. The van der Waals surface area contributed by atoms with Crippen molar-refractivity contribution in [2.45, 2.75) is 19.8 Å². The Morgan fingerprint density at radius 3 is 2.73 bits per heavy atom. The number of halogens is 1. The Labute approximate surface area is 98.7 Å². The van der Waals surface area contributed by atoms with Gasteiger partial charge in [0, 0.05) is 21.7 Å². The SMILES string of the molecule is CC(C)c1cnc(-c2cccc(Cl)c2)s1. The summed E-state index contributed by atoms with van der Waals surface area (Å²) >= 11 is 7.67. The van der Waals surface area contributed by atoms with E-state index >= 15 is 0 Å². The van der Waals surface area contributed by atoms with Crippen LogP contribution < -0.4 is 0 Å². The molecule has 0 amide bonds. The fourth-order valence-corrected chi connectivity index (χ4v) is 2.41. The van der Waals surface area contributed by atoms with Crippen molar-refractivity contribution in [2.75, 3.05) is 0 Å². The molecule has 0 aliphatic rings. The number of hydrogen-bond donors (Lipinski definition) is 0. The van der Waals surface area contributed by atoms with E-state index in [9.17, 15) is 0 Å². The molecule has 0 aliphatic heterocycles. The van der Waals surface area contributed by atoms with Crippen molar-refractivity contribution in [3.05, 3.63) is 40.4 Å². The fourth-order valence-electron chi connectivity index (χ4n) is 1.31. The van der Waals surface area contributed by atoms with E-state index in [1.54, 1.807) is 11.3 Å². The maximum Gasteiger partial charge on any atom is 0.123 e. The first kappa shape index (κ1) is 10.7. The van der Waals surface area contributed by atoms with Crippen molar-refractivity contribution < 1.29 is 0 Å². The van der Waals surface area contributed by atoms with Gasteiger partial charge < -0.3 is 0 Å². The first-order chi connectivity index (χ1) is 7.16. The van der Waals surface area contributed by atoms with Gasteiger partial charge in [-0.3, -0.25) is 0 Å². The molecule has 0 N–H and O–H groups in total. The average molecular weight is 238 g/mol. The number of hydrogen-bond acceptors (Lipinski definition) is 2. The van der Waals surface area contributed by atoms with E-state index in [4.69, 9.17) is 11.6 Å². The Balaban J connectivity index is 2.37. The molecule has 1 heterocycles. The van der Waals surface area contributed by atoms with Gasteiger partial charge in [0.15, 0.2) is 0 Å². The Bertz CT molecular complexity index is 462. The van der Waals surface area contributed by atoms with Crippen LogP contribution in [0.15, 0.2) is 30.5 Å². The van der Waals surface area contributed by atoms with Gasteiger partial charge in [0.1, 0.15) is 5.01 Å². The van der Waals surface area contributed by atoms with Gasteiger partial charge in [-0.2, -0.15) is 0 Å². The van der Waals surface area contributed by atoms with E-state index in [-0.39, 0.29) is 0 Å². The van der Waals surface area contributed by atoms with Gasteiger partial charge in [0.25, 0.3) is 0 Å². The molecular formula is C12H12ClNS. The molecular weight excluding hydrogens is 226 g/mol. The zero-order valence-electron chi connectivity index (χ0n) is 8.70. The Morgan fingerprint density at radius 1 is 1.33 bits per heavy atom. The molecule has 1 nitrogen and oxygen atoms in total. The van der Waals surface area contributed by atoms with Crippen molar-refractivity contribution in [1.29, 1.82) is 0 Å². The number of nitrogens with zero attached hydrogens (tertiary/aromatic N) is 1. The molecule has 1 aromatic heterocycles. The van der Waals surface area contributed by atoms with Crippen LogP contribution in [0.5, 0.6) is 0 Å². The molecule has 2 rings (SSSR count). The normalized spacial score (nSPS) is 10.9. The van der Waals surface area contributed by atoms with E-state index in [1.165, 1.54) is 4.88 Å². The van der Waals surface area contributed by atoms with Crippen molar-refractivity contribution in [1.82, 2.24) is 4.98 Å². The van der Waals surface area contributed by atoms with Gasteiger partial charge in [-0.15, -0.1) is 11.3 Å². The minimum absolute atomic E-state index is 0.537. The van der Waals surface area contributed by atoms with Gasteiger partial charge in [0.2, 0.25) is 0 Å². The van der Waals surface area contributed by atoms with E-state index < -0.39 is 0 Å². The molecule has 3 heteroatoms. The standard InChI is InChI=1S/C12H12ClNS/c1-8(2)11-7-14-12(15-11)9-4-3-5-10(13)6-9/h3-8H,1-2H3. The summed E-state index contributed by atoms with van der Waals surface area (Å²) in [4.78, 5) is 5.72. The summed E-state index contributed by atoms with van der Waals surface area (Å²) in [5, 5.41) is 1.80. The molecule has 0 saturated carbocycles. The lowest BCUT2D eigenvalue weighted by atomic mass is 10.2. The molecule has 15 heavy (non-hydrogen) atoms. The lowest BCUT2D eigenvalue weighted by Gasteiger charge is -1.97. The highest BCUT2D eigenvalue weighted by Crippen LogP contribution is 2.30. The van der Waals surface area contributed by atoms with Crippen LogP contribution in [0.1, 0.15) is 24.6 Å². The average Bonchev–Trinajstić information content (AvgIpc) is 2.66. The summed E-state index contributed by atoms with van der Waals surface area (Å²) in [5.74, 6) is 0.537. The molecule has 2 aromatic rings. The maximum atomic E-state index is 5.94. The van der Waals surface area contributed by atoms with Crippen LogP contribution >= 0.6 is 22.9 Å². The smallest absolute Gasteiger partial charge is 0.123 e. The monoisotopic (exact) mass is 237 g/mol. The van der Waals surface area contributed by atoms with Crippen LogP contribution in [-0.4, -0.2) is 4.98 Å². The quantitative estimate of drug-likeness (QED) is 0.745. The largest absolute Gasteiger partial charge is 0.244 e. The lowest BCUT2D eigenvalue weighted by Crippen LogP contribution is -1.77. The van der Waals surface area contributed by atoms with Crippen LogP contribution in [0.2, 0.25) is 5.02 Å². The lowest BCUT2D eigenvalue weighted by molar-refractivity contribution is 0.885. The number of rotatable bonds is 2. The second-order valence-corrected chi connectivity index (χ2v) is 5.23. The minimum atomic E-state index is 0.537. The Kier molecular flexibility index (Phi) is 3.08. The van der Waals surface area contributed by atoms with Crippen LogP contribution in [0.25, 0.3) is 10.6 Å². The van der Waals surface area contributed by atoms with Crippen LogP contribution in [-0.2, 0) is 0 Å². The second kappa shape index (κ2) is 4.33. The third-order valence-corrected chi connectivity index (χ3v) is 3.75. The molecule has 0 aliphatic carbocycles. The first-order valence-corrected chi connectivity index (χ1v) is 6.08. The number of aromatic nitrogens is 1. The zero-order chi connectivity index (χ0) is 10.8. The van der Waals surface area contributed by atoms with Crippen molar-refractivity contribution >= 4 is 22.9 Å². The Hall–Kier alpha value is -0.860. The van der Waals surface area contributed by atoms with E-state index in [0.717, 1.165) is 15.6 Å². The summed E-state index contributed by atoms with van der Waals surface area (Å²) in [5.41, 5.74) is 1.10. The number of thiazole rings is 1. The summed E-state index contributed by atoms with van der Waals surface area (Å²) in [6.07, 6.45) is 1.95. The van der Waals surface area contributed by atoms with Crippen molar-refractivity contribution in [3.63, 3.8) is 0 Å². The highest BCUT2D eigenvalue weighted by atomic mass is 35.5. The van der Waals surface area contributed by atoms with Gasteiger partial charge in [-0.05, 0) is 18.1 Å². The molecule has 0 atom stereocenters. The number of benzene rings is 1. The van der Waals surface area contributed by atoms with Crippen molar-refractivity contribution in [3.8, 4) is 10.6 Å². The highest BCUT2D eigenvalue weighted by molar-refractivity contribution is 7.15. The van der Waals surface area contributed by atoms with Gasteiger partial charge >= 0.3 is 0 Å². The van der Waals surface area contributed by atoms with E-state index in [1.807, 2.05) is 30.5 Å². The highest BCUT2D eigenvalue weighted by Gasteiger charge is 2.07. The summed E-state index contributed by atoms with van der Waals surface area (Å²) in [6, 6.07) is 7.81. The molecule has 0 fully saturated rings. The van der Waals surface area contributed by atoms with Crippen molar-refractivity contribution in [2.24, 2.45) is 0 Å². The second-order valence-electron chi connectivity index (χ2n) is 3.73. The molecule has 78 valence electrons. The summed E-state index contributed by atoms with van der Waals surface area (Å²) in [6.45, 7) is 4.35. The third-order valence-electron chi connectivity index (χ3n) is 2.16.